The highest BCUT2D eigenvalue weighted by Crippen LogP contribution is 2.20. The Bertz CT molecular complexity index is 671. The molecule has 2 amide bonds. The fraction of sp³-hybridized carbons (Fsp3) is 0.125. The number of carbonyl (C=O) groups excluding carboxylic acids is 2. The summed E-state index contributed by atoms with van der Waals surface area (Å²) in [6.07, 6.45) is 0. The average Bonchev–Trinajstić information content (AvgIpc) is 2.54. The molecule has 0 unspecified atom stereocenters. The van der Waals surface area contributed by atoms with Gasteiger partial charge >= 0.3 is 0 Å². The molecule has 0 aliphatic rings. The first kappa shape index (κ1) is 15.9. The Kier molecular flexibility index (Phi) is 5.43. The van der Waals surface area contributed by atoms with Crippen molar-refractivity contribution in [3.05, 3.63) is 54.1 Å². The van der Waals surface area contributed by atoms with Crippen LogP contribution in [0, 0.1) is 0 Å². The standard InChI is InChI=1S/C16H16N2O3S/c1-21-13-4-2-3-11(9-13)16(20)18-12-5-7-14(8-6-12)22-10-15(17)19/h2-9H,10H2,1H3,(H2,17,19)(H,18,20). The van der Waals surface area contributed by atoms with Gasteiger partial charge in [-0.3, -0.25) is 9.59 Å². The summed E-state index contributed by atoms with van der Waals surface area (Å²) in [6, 6.07) is 14.1. The van der Waals surface area contributed by atoms with Gasteiger partial charge in [0.2, 0.25) is 5.91 Å². The first-order valence-corrected chi connectivity index (χ1v) is 7.53. The Morgan fingerprint density at radius 1 is 1.18 bits per heavy atom. The van der Waals surface area contributed by atoms with Crippen LogP contribution < -0.4 is 15.8 Å². The van der Waals surface area contributed by atoms with E-state index >= 15 is 0 Å². The molecule has 6 heteroatoms. The number of nitrogens with two attached hydrogens (primary N) is 1. The topological polar surface area (TPSA) is 81.4 Å². The average molecular weight is 316 g/mol. The van der Waals surface area contributed by atoms with Gasteiger partial charge in [-0.25, -0.2) is 0 Å². The Morgan fingerprint density at radius 2 is 1.91 bits per heavy atom. The zero-order valence-electron chi connectivity index (χ0n) is 12.0. The molecule has 3 N–H and O–H groups in total. The summed E-state index contributed by atoms with van der Waals surface area (Å²) in [7, 11) is 1.56. The van der Waals surface area contributed by atoms with Crippen LogP contribution in [-0.2, 0) is 4.79 Å². The lowest BCUT2D eigenvalue weighted by Gasteiger charge is -2.07. The summed E-state index contributed by atoms with van der Waals surface area (Å²) >= 11 is 1.35. The van der Waals surface area contributed by atoms with Crippen LogP contribution in [0.2, 0.25) is 0 Å². The molecule has 0 aliphatic heterocycles. The number of ether oxygens (including phenoxy) is 1. The first-order chi connectivity index (χ1) is 10.6. The highest BCUT2D eigenvalue weighted by Gasteiger charge is 2.07. The quantitative estimate of drug-likeness (QED) is 0.802. The fourth-order valence-electron chi connectivity index (χ4n) is 1.76. The monoisotopic (exact) mass is 316 g/mol. The number of rotatable bonds is 6. The number of primary amides is 1. The van der Waals surface area contributed by atoms with Gasteiger partial charge in [0.25, 0.3) is 5.91 Å². The summed E-state index contributed by atoms with van der Waals surface area (Å²) in [5.74, 6) is 0.290. The van der Waals surface area contributed by atoms with Crippen molar-refractivity contribution in [2.45, 2.75) is 4.90 Å². The van der Waals surface area contributed by atoms with E-state index in [1.54, 1.807) is 43.5 Å². The van der Waals surface area contributed by atoms with Crippen molar-refractivity contribution in [3.63, 3.8) is 0 Å². The molecular formula is C16H16N2O3S. The largest absolute Gasteiger partial charge is 0.497 e. The summed E-state index contributed by atoms with van der Waals surface area (Å²) in [5, 5.41) is 2.81. The Balaban J connectivity index is 2.00. The van der Waals surface area contributed by atoms with Crippen molar-refractivity contribution in [2.24, 2.45) is 5.73 Å². The minimum Gasteiger partial charge on any atom is -0.497 e. The number of thioether (sulfide) groups is 1. The molecule has 5 nitrogen and oxygen atoms in total. The molecule has 2 rings (SSSR count). The lowest BCUT2D eigenvalue weighted by Crippen LogP contribution is -2.13. The molecule has 0 fully saturated rings. The Hall–Kier alpha value is -2.47. The number of benzene rings is 2. The maximum Gasteiger partial charge on any atom is 0.255 e. The summed E-state index contributed by atoms with van der Waals surface area (Å²) < 4.78 is 5.10. The van der Waals surface area contributed by atoms with Gasteiger partial charge in [0.15, 0.2) is 0 Å². The predicted molar refractivity (Wildman–Crippen MR) is 87.3 cm³/mol. The number of carbonyl (C=O) groups is 2. The smallest absolute Gasteiger partial charge is 0.255 e. The molecule has 114 valence electrons. The van der Waals surface area contributed by atoms with Crippen molar-refractivity contribution in [1.82, 2.24) is 0 Å². The molecule has 0 bridgehead atoms. The molecule has 0 saturated carbocycles. The van der Waals surface area contributed by atoms with E-state index in [0.29, 0.717) is 17.0 Å². The molecular weight excluding hydrogens is 300 g/mol. The molecule has 0 atom stereocenters. The van der Waals surface area contributed by atoms with Crippen molar-refractivity contribution in [3.8, 4) is 5.75 Å². The van der Waals surface area contributed by atoms with E-state index in [2.05, 4.69) is 5.32 Å². The van der Waals surface area contributed by atoms with E-state index in [9.17, 15) is 9.59 Å². The van der Waals surface area contributed by atoms with E-state index in [1.165, 1.54) is 11.8 Å². The molecule has 2 aromatic carbocycles. The lowest BCUT2D eigenvalue weighted by atomic mass is 10.2. The van der Waals surface area contributed by atoms with Crippen molar-refractivity contribution < 1.29 is 14.3 Å². The van der Waals surface area contributed by atoms with Gasteiger partial charge < -0.3 is 15.8 Å². The second kappa shape index (κ2) is 7.51. The molecule has 22 heavy (non-hydrogen) atoms. The molecule has 0 spiro atoms. The zero-order chi connectivity index (χ0) is 15.9. The molecule has 0 saturated heterocycles. The number of nitrogens with one attached hydrogen (secondary N) is 1. The third-order valence-corrected chi connectivity index (χ3v) is 3.86. The second-order valence-corrected chi connectivity index (χ2v) is 5.51. The minimum atomic E-state index is -0.361. The van der Waals surface area contributed by atoms with Crippen molar-refractivity contribution in [2.75, 3.05) is 18.2 Å². The number of anilines is 1. The normalized spacial score (nSPS) is 10.0. The van der Waals surface area contributed by atoms with Gasteiger partial charge in [0.05, 0.1) is 12.9 Å². The highest BCUT2D eigenvalue weighted by molar-refractivity contribution is 8.00. The highest BCUT2D eigenvalue weighted by atomic mass is 32.2. The van der Waals surface area contributed by atoms with Crippen LogP contribution in [0.1, 0.15) is 10.4 Å². The molecule has 0 aromatic heterocycles. The van der Waals surface area contributed by atoms with E-state index in [1.807, 2.05) is 12.1 Å². The van der Waals surface area contributed by atoms with Crippen LogP contribution in [0.25, 0.3) is 0 Å². The number of methoxy groups -OCH3 is 1. The van der Waals surface area contributed by atoms with E-state index in [-0.39, 0.29) is 17.6 Å². The van der Waals surface area contributed by atoms with Gasteiger partial charge in [-0.2, -0.15) is 0 Å². The summed E-state index contributed by atoms with van der Waals surface area (Å²) in [5.41, 5.74) is 6.29. The molecule has 0 heterocycles. The van der Waals surface area contributed by atoms with E-state index in [0.717, 1.165) is 4.90 Å². The van der Waals surface area contributed by atoms with Crippen LogP contribution in [0.5, 0.6) is 5.75 Å². The minimum absolute atomic E-state index is 0.212. The van der Waals surface area contributed by atoms with E-state index < -0.39 is 0 Å². The maximum absolute atomic E-state index is 12.1. The fourth-order valence-corrected chi connectivity index (χ4v) is 2.39. The van der Waals surface area contributed by atoms with Crippen LogP contribution in [0.15, 0.2) is 53.4 Å². The van der Waals surface area contributed by atoms with Crippen LogP contribution >= 0.6 is 11.8 Å². The van der Waals surface area contributed by atoms with Gasteiger partial charge in [-0.05, 0) is 42.5 Å². The number of amides is 2. The van der Waals surface area contributed by atoms with Gasteiger partial charge in [0, 0.05) is 16.1 Å². The van der Waals surface area contributed by atoms with Gasteiger partial charge in [0.1, 0.15) is 5.75 Å². The summed E-state index contributed by atoms with van der Waals surface area (Å²) in [6.45, 7) is 0. The third kappa shape index (κ3) is 4.53. The van der Waals surface area contributed by atoms with Gasteiger partial charge in [-0.15, -0.1) is 11.8 Å². The Labute approximate surface area is 132 Å². The summed E-state index contributed by atoms with van der Waals surface area (Å²) in [4.78, 5) is 23.8. The number of hydrogen-bond donors (Lipinski definition) is 2. The molecule has 0 aliphatic carbocycles. The van der Waals surface area contributed by atoms with Crippen molar-refractivity contribution >= 4 is 29.3 Å². The SMILES string of the molecule is COc1cccc(C(=O)Nc2ccc(SCC(N)=O)cc2)c1. The predicted octanol–water partition coefficient (Wildman–Crippen LogP) is 2.52. The molecule has 2 aromatic rings. The Morgan fingerprint density at radius 3 is 2.55 bits per heavy atom. The van der Waals surface area contributed by atoms with Gasteiger partial charge in [-0.1, -0.05) is 6.07 Å². The zero-order valence-corrected chi connectivity index (χ0v) is 12.9. The second-order valence-electron chi connectivity index (χ2n) is 4.47. The van der Waals surface area contributed by atoms with E-state index in [4.69, 9.17) is 10.5 Å². The van der Waals surface area contributed by atoms with Crippen LogP contribution in [-0.4, -0.2) is 24.7 Å². The lowest BCUT2D eigenvalue weighted by molar-refractivity contribution is -0.115. The third-order valence-electron chi connectivity index (χ3n) is 2.83. The number of hydrogen-bond acceptors (Lipinski definition) is 4. The molecule has 0 radical (unpaired) electrons. The maximum atomic E-state index is 12.1. The van der Waals surface area contributed by atoms with Crippen molar-refractivity contribution in [1.29, 1.82) is 0 Å². The first-order valence-electron chi connectivity index (χ1n) is 6.55. The van der Waals surface area contributed by atoms with Crippen LogP contribution in [0.4, 0.5) is 5.69 Å². The van der Waals surface area contributed by atoms with Crippen LogP contribution in [0.3, 0.4) is 0 Å².